The highest BCUT2D eigenvalue weighted by atomic mass is 35.5. The summed E-state index contributed by atoms with van der Waals surface area (Å²) in [7, 11) is 0. The molecule has 3 heterocycles. The fourth-order valence-corrected chi connectivity index (χ4v) is 6.33. The van der Waals surface area contributed by atoms with Gasteiger partial charge in [-0.3, -0.25) is 9.69 Å². The maximum Gasteiger partial charge on any atom is 0.310 e. The van der Waals surface area contributed by atoms with E-state index in [-0.39, 0.29) is 24.8 Å². The first-order chi connectivity index (χ1) is 15.1. The molecule has 0 bridgehead atoms. The molecule has 2 aliphatic rings. The lowest BCUT2D eigenvalue weighted by molar-refractivity contribution is -0.148. The molecule has 0 unspecified atom stereocenters. The van der Waals surface area contributed by atoms with Gasteiger partial charge in [0.1, 0.15) is 11.5 Å². The second kappa shape index (κ2) is 11.5. The van der Waals surface area contributed by atoms with Crippen molar-refractivity contribution < 1.29 is 14.6 Å². The minimum absolute atomic E-state index is 0. The van der Waals surface area contributed by atoms with Crippen molar-refractivity contribution in [3.8, 4) is 10.8 Å². The first-order valence-electron chi connectivity index (χ1n) is 11.0. The summed E-state index contributed by atoms with van der Waals surface area (Å²) in [6.45, 7) is 13.8. The lowest BCUT2D eigenvalue weighted by Crippen LogP contribution is -2.51. The molecule has 34 heavy (non-hydrogen) atoms. The molecule has 1 aromatic carbocycles. The molecular formula is C24H33Cl2N3O3S2. The van der Waals surface area contributed by atoms with E-state index in [9.17, 15) is 9.90 Å². The summed E-state index contributed by atoms with van der Waals surface area (Å²) >= 11 is 3.53. The number of carboxylic acid groups (broad SMARTS) is 1. The Kier molecular flexibility index (Phi) is 9.76. The fourth-order valence-electron chi connectivity index (χ4n) is 3.93. The maximum absolute atomic E-state index is 11.5. The van der Waals surface area contributed by atoms with Crippen LogP contribution in [-0.2, 0) is 4.79 Å². The number of amidine groups is 1. The van der Waals surface area contributed by atoms with Crippen LogP contribution < -0.4 is 4.74 Å². The van der Waals surface area contributed by atoms with E-state index >= 15 is 0 Å². The summed E-state index contributed by atoms with van der Waals surface area (Å²) < 4.78 is 7.60. The molecule has 1 aromatic heterocycles. The van der Waals surface area contributed by atoms with Crippen LogP contribution in [0.4, 0.5) is 5.69 Å². The van der Waals surface area contributed by atoms with Gasteiger partial charge in [0, 0.05) is 38.0 Å². The van der Waals surface area contributed by atoms with Gasteiger partial charge >= 0.3 is 5.97 Å². The molecule has 4 rings (SSSR count). The SMILES string of the molecule is Cc1ccc2c(c1)Oc1sc(SC(C)C)cc1C(N1CCN(CC(C)(C)C(=O)O)CC1)=N2.Cl.Cl. The van der Waals surface area contributed by atoms with Gasteiger partial charge in [-0.25, -0.2) is 4.99 Å². The third kappa shape index (κ3) is 6.40. The summed E-state index contributed by atoms with van der Waals surface area (Å²) in [5.74, 6) is 0.993. The molecule has 1 N–H and O–H groups in total. The van der Waals surface area contributed by atoms with Crippen molar-refractivity contribution in [1.82, 2.24) is 9.80 Å². The zero-order valence-electron chi connectivity index (χ0n) is 20.2. The standard InChI is InChI=1S/C24H31N3O3S2.2ClH/c1-15(2)31-20-13-17-21(25-18-7-6-16(3)12-19(18)30-22(17)32-20)27-10-8-26(9-11-27)14-24(4,5)23(28)29;;/h6-7,12-13,15H,8-11,14H2,1-5H3,(H,28,29);2*1H. The highest BCUT2D eigenvalue weighted by molar-refractivity contribution is 8.01. The Hall–Kier alpha value is -1.45. The molecule has 0 amide bonds. The Morgan fingerprint density at radius 2 is 1.88 bits per heavy atom. The second-order valence-corrected chi connectivity index (χ2v) is 12.3. The summed E-state index contributed by atoms with van der Waals surface area (Å²) in [6.07, 6.45) is 0. The first-order valence-corrected chi connectivity index (χ1v) is 12.7. The van der Waals surface area contributed by atoms with E-state index in [1.54, 1.807) is 25.2 Å². The van der Waals surface area contributed by atoms with Crippen LogP contribution in [0, 0.1) is 12.3 Å². The summed E-state index contributed by atoms with van der Waals surface area (Å²) in [6, 6.07) is 8.35. The molecule has 6 nitrogen and oxygen atoms in total. The number of hydrogen-bond donors (Lipinski definition) is 1. The van der Waals surface area contributed by atoms with Gasteiger partial charge in [-0.2, -0.15) is 0 Å². The van der Waals surface area contributed by atoms with Crippen molar-refractivity contribution in [2.45, 2.75) is 44.1 Å². The van der Waals surface area contributed by atoms with Gasteiger partial charge in [0.05, 0.1) is 15.2 Å². The number of aryl methyl sites for hydroxylation is 1. The van der Waals surface area contributed by atoms with Crippen molar-refractivity contribution in [2.75, 3.05) is 32.7 Å². The summed E-state index contributed by atoms with van der Waals surface area (Å²) in [5.41, 5.74) is 2.29. The monoisotopic (exact) mass is 545 g/mol. The number of thiophene rings is 1. The normalized spacial score (nSPS) is 15.8. The largest absolute Gasteiger partial charge is 0.481 e. The Balaban J connectivity index is 0.00000204. The molecule has 2 aliphatic heterocycles. The van der Waals surface area contributed by atoms with E-state index in [0.717, 1.165) is 59.6 Å². The predicted octanol–water partition coefficient (Wildman–Crippen LogP) is 6.31. The number of carboxylic acids is 1. The topological polar surface area (TPSA) is 65.4 Å². The number of thioether (sulfide) groups is 1. The number of fused-ring (bicyclic) bond motifs is 2. The number of rotatable bonds is 5. The number of hydrogen-bond acceptors (Lipinski definition) is 7. The molecule has 0 aliphatic carbocycles. The lowest BCUT2D eigenvalue weighted by Gasteiger charge is -2.38. The number of benzene rings is 1. The average Bonchev–Trinajstić information content (AvgIpc) is 3.02. The number of aliphatic imine (C=N–C) groups is 1. The van der Waals surface area contributed by atoms with E-state index in [2.05, 4.69) is 42.7 Å². The van der Waals surface area contributed by atoms with Crippen molar-refractivity contribution in [3.63, 3.8) is 0 Å². The van der Waals surface area contributed by atoms with Crippen molar-refractivity contribution in [2.24, 2.45) is 10.4 Å². The zero-order valence-corrected chi connectivity index (χ0v) is 23.4. The minimum Gasteiger partial charge on any atom is -0.481 e. The van der Waals surface area contributed by atoms with Crippen LogP contribution >= 0.6 is 47.9 Å². The Morgan fingerprint density at radius 3 is 2.50 bits per heavy atom. The van der Waals surface area contributed by atoms with Crippen LogP contribution in [-0.4, -0.2) is 64.7 Å². The first kappa shape index (κ1) is 28.8. The summed E-state index contributed by atoms with van der Waals surface area (Å²) in [5, 5.41) is 10.9. The number of piperazine rings is 1. The van der Waals surface area contributed by atoms with Crippen molar-refractivity contribution >= 4 is 65.4 Å². The minimum atomic E-state index is -0.754. The summed E-state index contributed by atoms with van der Waals surface area (Å²) in [4.78, 5) is 21.2. The van der Waals surface area contributed by atoms with Gasteiger partial charge in [-0.05, 0) is 44.5 Å². The van der Waals surface area contributed by atoms with Crippen LogP contribution in [0.15, 0.2) is 33.5 Å². The molecule has 0 atom stereocenters. The smallest absolute Gasteiger partial charge is 0.310 e. The van der Waals surface area contributed by atoms with Crippen molar-refractivity contribution in [3.05, 3.63) is 35.4 Å². The Morgan fingerprint density at radius 1 is 1.21 bits per heavy atom. The quantitative estimate of drug-likeness (QED) is 0.444. The molecule has 10 heteroatoms. The number of halogens is 2. The fraction of sp³-hybridized carbons (Fsp3) is 0.500. The van der Waals surface area contributed by atoms with E-state index in [4.69, 9.17) is 9.73 Å². The Labute approximate surface area is 222 Å². The van der Waals surface area contributed by atoms with Gasteiger partial charge in [-0.1, -0.05) is 31.3 Å². The highest BCUT2D eigenvalue weighted by Crippen LogP contribution is 2.46. The van der Waals surface area contributed by atoms with E-state index in [0.29, 0.717) is 11.8 Å². The van der Waals surface area contributed by atoms with Gasteiger partial charge in [-0.15, -0.1) is 36.6 Å². The van der Waals surface area contributed by atoms with Crippen LogP contribution in [0.25, 0.3) is 0 Å². The van der Waals surface area contributed by atoms with Crippen LogP contribution in [0.5, 0.6) is 10.8 Å². The van der Waals surface area contributed by atoms with Crippen LogP contribution in [0.3, 0.4) is 0 Å². The van der Waals surface area contributed by atoms with E-state index in [1.807, 2.05) is 23.9 Å². The van der Waals surface area contributed by atoms with Gasteiger partial charge in [0.15, 0.2) is 10.8 Å². The highest BCUT2D eigenvalue weighted by Gasteiger charge is 2.33. The third-order valence-electron chi connectivity index (χ3n) is 5.68. The van der Waals surface area contributed by atoms with Gasteiger partial charge in [0.2, 0.25) is 0 Å². The maximum atomic E-state index is 11.5. The average molecular weight is 547 g/mol. The number of carbonyl (C=O) groups is 1. The van der Waals surface area contributed by atoms with Crippen molar-refractivity contribution in [1.29, 1.82) is 0 Å². The molecule has 1 fully saturated rings. The van der Waals surface area contributed by atoms with Gasteiger partial charge < -0.3 is 14.7 Å². The third-order valence-corrected chi connectivity index (χ3v) is 7.85. The molecule has 0 radical (unpaired) electrons. The van der Waals surface area contributed by atoms with Crippen LogP contribution in [0.2, 0.25) is 0 Å². The van der Waals surface area contributed by atoms with E-state index < -0.39 is 11.4 Å². The molecule has 188 valence electrons. The molecule has 0 spiro atoms. The number of nitrogens with zero attached hydrogens (tertiary/aromatic N) is 3. The zero-order chi connectivity index (χ0) is 23.0. The predicted molar refractivity (Wildman–Crippen MR) is 147 cm³/mol. The van der Waals surface area contributed by atoms with Gasteiger partial charge in [0.25, 0.3) is 0 Å². The van der Waals surface area contributed by atoms with E-state index in [1.165, 1.54) is 4.21 Å². The number of aliphatic carboxylic acids is 1. The molecule has 0 saturated carbocycles. The number of ether oxygens (including phenoxy) is 1. The van der Waals surface area contributed by atoms with Crippen LogP contribution in [0.1, 0.15) is 38.8 Å². The molecule has 1 saturated heterocycles. The molecular weight excluding hydrogens is 513 g/mol. The Bertz CT molecular complexity index is 1050. The molecule has 2 aromatic rings. The second-order valence-electron chi connectivity index (χ2n) is 9.39. The lowest BCUT2D eigenvalue weighted by atomic mass is 9.93.